The van der Waals surface area contributed by atoms with Gasteiger partial charge in [0.2, 0.25) is 18.1 Å². The molecule has 2 fully saturated rings. The molecule has 0 bridgehead atoms. The van der Waals surface area contributed by atoms with Crippen molar-refractivity contribution >= 4 is 24.0 Å². The molecule has 9 nitrogen and oxygen atoms in total. The minimum atomic E-state index is -0.981. The van der Waals surface area contributed by atoms with E-state index >= 15 is 0 Å². The third-order valence-corrected chi connectivity index (χ3v) is 5.76. The minimum Gasteiger partial charge on any atom is -0.365 e. The standard InChI is InChI=1S/C19H28F2N6O3/c20-9-15-23-17(22-14-6-3-7-14)16(21)18(24-15)25-26-19(29)13(10-27(30)11-28)8-12-4-1-2-5-12/h11-14,30H,1-10H2,(H,26,29)(H2,22,23,24,25)/t13-/m0/s1. The van der Waals surface area contributed by atoms with Gasteiger partial charge in [-0.15, -0.1) is 0 Å². The van der Waals surface area contributed by atoms with Gasteiger partial charge in [0.25, 0.3) is 0 Å². The van der Waals surface area contributed by atoms with Crippen LogP contribution in [0.1, 0.15) is 57.2 Å². The third-order valence-electron chi connectivity index (χ3n) is 5.76. The van der Waals surface area contributed by atoms with Crippen molar-refractivity contribution in [3.63, 3.8) is 0 Å². The van der Waals surface area contributed by atoms with Crippen LogP contribution >= 0.6 is 0 Å². The monoisotopic (exact) mass is 426 g/mol. The predicted octanol–water partition coefficient (Wildman–Crippen LogP) is 2.54. The molecule has 0 aromatic carbocycles. The van der Waals surface area contributed by atoms with Crippen LogP contribution in [0.25, 0.3) is 0 Å². The van der Waals surface area contributed by atoms with Crippen molar-refractivity contribution in [2.75, 3.05) is 17.3 Å². The van der Waals surface area contributed by atoms with Crippen molar-refractivity contribution in [1.29, 1.82) is 0 Å². The van der Waals surface area contributed by atoms with E-state index in [0.717, 1.165) is 44.9 Å². The van der Waals surface area contributed by atoms with Crippen molar-refractivity contribution in [3.05, 3.63) is 11.6 Å². The van der Waals surface area contributed by atoms with Crippen molar-refractivity contribution in [1.82, 2.24) is 20.5 Å². The van der Waals surface area contributed by atoms with Gasteiger partial charge in [-0.05, 0) is 31.6 Å². The molecule has 11 heteroatoms. The molecule has 1 heterocycles. The number of nitrogens with zero attached hydrogens (tertiary/aromatic N) is 3. The van der Waals surface area contributed by atoms with Gasteiger partial charge in [0.05, 0.1) is 12.5 Å². The summed E-state index contributed by atoms with van der Waals surface area (Å²) in [6.45, 7) is -1.16. The Morgan fingerprint density at radius 1 is 1.20 bits per heavy atom. The highest BCUT2D eigenvalue weighted by Gasteiger charge is 2.28. The quantitative estimate of drug-likeness (QED) is 0.244. The Morgan fingerprint density at radius 2 is 1.90 bits per heavy atom. The van der Waals surface area contributed by atoms with Gasteiger partial charge in [0.1, 0.15) is 6.67 Å². The summed E-state index contributed by atoms with van der Waals surface area (Å²) in [5.74, 6) is -2.35. The lowest BCUT2D eigenvalue weighted by Gasteiger charge is -2.27. The number of halogens is 2. The van der Waals surface area contributed by atoms with Crippen LogP contribution in [-0.4, -0.2) is 45.1 Å². The lowest BCUT2D eigenvalue weighted by molar-refractivity contribution is -0.154. The van der Waals surface area contributed by atoms with E-state index in [-0.39, 0.29) is 36.5 Å². The second kappa shape index (κ2) is 10.5. The Bertz CT molecular complexity index is 743. The number of rotatable bonds is 11. The van der Waals surface area contributed by atoms with E-state index in [4.69, 9.17) is 0 Å². The Balaban J connectivity index is 1.66. The zero-order valence-electron chi connectivity index (χ0n) is 16.7. The average molecular weight is 426 g/mol. The summed E-state index contributed by atoms with van der Waals surface area (Å²) in [6, 6.07) is 0.0824. The molecule has 2 aliphatic carbocycles. The fourth-order valence-corrected chi connectivity index (χ4v) is 3.88. The van der Waals surface area contributed by atoms with Gasteiger partial charge >= 0.3 is 0 Å². The van der Waals surface area contributed by atoms with Gasteiger partial charge in [0, 0.05) is 6.04 Å². The summed E-state index contributed by atoms with van der Waals surface area (Å²) in [5, 5.41) is 12.9. The van der Waals surface area contributed by atoms with Crippen LogP contribution in [0.15, 0.2) is 0 Å². The van der Waals surface area contributed by atoms with Crippen LogP contribution in [-0.2, 0) is 16.3 Å². The number of hydroxylamine groups is 2. The molecule has 0 spiro atoms. The van der Waals surface area contributed by atoms with Gasteiger partial charge in [-0.2, -0.15) is 4.39 Å². The van der Waals surface area contributed by atoms with E-state index in [1.807, 2.05) is 0 Å². The SMILES string of the molecule is O=CN(O)C[C@H](CC1CCCC1)C(=O)NNc1nc(CF)nc(NC2CCC2)c1F. The molecule has 1 aromatic heterocycles. The van der Waals surface area contributed by atoms with Crippen LogP contribution in [0.2, 0.25) is 0 Å². The number of alkyl halides is 1. The summed E-state index contributed by atoms with van der Waals surface area (Å²) in [6.07, 6.45) is 7.67. The van der Waals surface area contributed by atoms with Crippen molar-refractivity contribution < 1.29 is 23.6 Å². The fraction of sp³-hybridized carbons (Fsp3) is 0.684. The van der Waals surface area contributed by atoms with Gasteiger partial charge in [0.15, 0.2) is 17.5 Å². The molecule has 30 heavy (non-hydrogen) atoms. The molecule has 1 aromatic rings. The lowest BCUT2D eigenvalue weighted by atomic mass is 9.92. The van der Waals surface area contributed by atoms with Crippen LogP contribution in [0.3, 0.4) is 0 Å². The second-order valence-corrected chi connectivity index (χ2v) is 7.98. The second-order valence-electron chi connectivity index (χ2n) is 7.98. The largest absolute Gasteiger partial charge is 0.365 e. The van der Waals surface area contributed by atoms with Crippen LogP contribution in [0.4, 0.5) is 20.4 Å². The molecule has 0 unspecified atom stereocenters. The lowest BCUT2D eigenvalue weighted by Crippen LogP contribution is -2.41. The Kier molecular flexibility index (Phi) is 7.72. The number of hydrogen-bond donors (Lipinski definition) is 4. The first kappa shape index (κ1) is 22.1. The molecule has 0 aliphatic heterocycles. The highest BCUT2D eigenvalue weighted by Crippen LogP contribution is 2.31. The van der Waals surface area contributed by atoms with E-state index in [2.05, 4.69) is 26.1 Å². The van der Waals surface area contributed by atoms with Crippen molar-refractivity contribution in [2.24, 2.45) is 11.8 Å². The number of hydrogen-bond acceptors (Lipinski definition) is 7. The first-order chi connectivity index (χ1) is 14.5. The molecular formula is C19H28F2N6O3. The summed E-state index contributed by atoms with van der Waals surface area (Å²) >= 11 is 0. The summed E-state index contributed by atoms with van der Waals surface area (Å²) < 4.78 is 27.9. The normalized spacial score (nSPS) is 17.8. The molecule has 1 atom stereocenters. The number of hydrazine groups is 1. The minimum absolute atomic E-state index is 0.0824. The van der Waals surface area contributed by atoms with E-state index in [1.165, 1.54) is 0 Å². The fourth-order valence-electron chi connectivity index (χ4n) is 3.88. The Hall–Kier alpha value is -2.56. The van der Waals surface area contributed by atoms with E-state index in [1.54, 1.807) is 0 Å². The molecule has 0 radical (unpaired) electrons. The highest BCUT2D eigenvalue weighted by atomic mass is 19.1. The Morgan fingerprint density at radius 3 is 2.50 bits per heavy atom. The number of amides is 2. The van der Waals surface area contributed by atoms with Gasteiger partial charge in [-0.1, -0.05) is 25.7 Å². The first-order valence-corrected chi connectivity index (χ1v) is 10.4. The average Bonchev–Trinajstić information content (AvgIpc) is 3.22. The molecule has 2 aliphatic rings. The molecule has 2 amide bonds. The first-order valence-electron chi connectivity index (χ1n) is 10.4. The number of carbonyl (C=O) groups excluding carboxylic acids is 2. The van der Waals surface area contributed by atoms with E-state index in [9.17, 15) is 23.6 Å². The predicted molar refractivity (Wildman–Crippen MR) is 104 cm³/mol. The van der Waals surface area contributed by atoms with Gasteiger partial charge in [-0.25, -0.2) is 19.4 Å². The number of carbonyl (C=O) groups is 2. The number of anilines is 2. The maximum absolute atomic E-state index is 14.7. The number of nitrogens with one attached hydrogen (secondary N) is 3. The third kappa shape index (κ3) is 5.74. The Labute approximate surface area is 173 Å². The summed E-state index contributed by atoms with van der Waals surface area (Å²) in [5.41, 5.74) is 4.79. The topological polar surface area (TPSA) is 119 Å². The maximum atomic E-state index is 14.7. The van der Waals surface area contributed by atoms with Crippen molar-refractivity contribution in [2.45, 2.75) is 64.1 Å². The molecular weight excluding hydrogens is 398 g/mol. The smallest absolute Gasteiger partial charge is 0.243 e. The van der Waals surface area contributed by atoms with Crippen molar-refractivity contribution in [3.8, 4) is 0 Å². The van der Waals surface area contributed by atoms with Crippen LogP contribution < -0.4 is 16.2 Å². The molecule has 166 valence electrons. The molecule has 3 rings (SSSR count). The zero-order chi connectivity index (χ0) is 21.5. The summed E-state index contributed by atoms with van der Waals surface area (Å²) in [7, 11) is 0. The number of aromatic nitrogens is 2. The van der Waals surface area contributed by atoms with E-state index in [0.29, 0.717) is 17.4 Å². The van der Waals surface area contributed by atoms with Gasteiger partial charge in [-0.3, -0.25) is 25.6 Å². The van der Waals surface area contributed by atoms with Crippen LogP contribution in [0, 0.1) is 17.7 Å². The molecule has 2 saturated carbocycles. The van der Waals surface area contributed by atoms with Gasteiger partial charge < -0.3 is 5.32 Å². The molecule has 0 saturated heterocycles. The maximum Gasteiger partial charge on any atom is 0.243 e. The molecule has 4 N–H and O–H groups in total. The highest BCUT2D eigenvalue weighted by molar-refractivity contribution is 5.80. The zero-order valence-corrected chi connectivity index (χ0v) is 16.7. The summed E-state index contributed by atoms with van der Waals surface area (Å²) in [4.78, 5) is 31.0. The van der Waals surface area contributed by atoms with Crippen LogP contribution in [0.5, 0.6) is 0 Å². The van der Waals surface area contributed by atoms with E-state index < -0.39 is 24.3 Å².